The lowest BCUT2D eigenvalue weighted by Crippen LogP contribution is -2.51. The summed E-state index contributed by atoms with van der Waals surface area (Å²) < 4.78 is 27.7. The van der Waals surface area contributed by atoms with E-state index in [9.17, 15) is 19.2 Å². The fraction of sp³-hybridized carbons (Fsp3) is 0.640. The van der Waals surface area contributed by atoms with Crippen molar-refractivity contribution in [3.63, 3.8) is 0 Å². The molecule has 0 N–H and O–H groups in total. The molecule has 1 aromatic heterocycles. The maximum absolute atomic E-state index is 15.5. The van der Waals surface area contributed by atoms with E-state index in [-0.39, 0.29) is 24.0 Å². The molecule has 0 radical (unpaired) electrons. The lowest BCUT2D eigenvalue weighted by atomic mass is 9.81. The second-order valence-electron chi connectivity index (χ2n) is 9.76. The van der Waals surface area contributed by atoms with Gasteiger partial charge in [-0.1, -0.05) is 27.7 Å². The molecule has 0 spiro atoms. The second-order valence-corrected chi connectivity index (χ2v) is 9.76. The van der Waals surface area contributed by atoms with Crippen molar-refractivity contribution >= 4 is 23.6 Å². The first-order valence-electron chi connectivity index (χ1n) is 11.6. The molecule has 0 saturated heterocycles. The van der Waals surface area contributed by atoms with Gasteiger partial charge in [-0.3, -0.25) is 9.59 Å². The highest BCUT2D eigenvalue weighted by Crippen LogP contribution is 2.32. The molecule has 0 bridgehead atoms. The van der Waals surface area contributed by atoms with Crippen molar-refractivity contribution in [3.05, 3.63) is 30.4 Å². The molecule has 8 nitrogen and oxygen atoms in total. The highest BCUT2D eigenvalue weighted by atomic mass is 19.1. The predicted octanol–water partition coefficient (Wildman–Crippen LogP) is 4.46. The monoisotopic (exact) mass is 478 g/mol. The summed E-state index contributed by atoms with van der Waals surface area (Å²) in [4.78, 5) is 55.3. The van der Waals surface area contributed by atoms with Crippen molar-refractivity contribution in [2.45, 2.75) is 85.1 Å². The molecule has 0 aromatic carbocycles. The Kier molecular flexibility index (Phi) is 8.55. The minimum Gasteiger partial charge on any atom is -0.455 e. The fourth-order valence-electron chi connectivity index (χ4n) is 4.61. The van der Waals surface area contributed by atoms with E-state index in [0.717, 1.165) is 11.5 Å². The topological polar surface area (TPSA) is 105 Å². The summed E-state index contributed by atoms with van der Waals surface area (Å²) in [6, 6.07) is 0. The molecule has 0 fully saturated rings. The number of halogens is 1. The van der Waals surface area contributed by atoms with Gasteiger partial charge in [-0.25, -0.2) is 23.5 Å². The van der Waals surface area contributed by atoms with E-state index in [1.807, 2.05) is 6.92 Å². The van der Waals surface area contributed by atoms with Crippen LogP contribution in [0.5, 0.6) is 0 Å². The maximum Gasteiger partial charge on any atom is 0.420 e. The van der Waals surface area contributed by atoms with Crippen LogP contribution in [0.2, 0.25) is 0 Å². The Morgan fingerprint density at radius 1 is 1.21 bits per heavy atom. The molecule has 34 heavy (non-hydrogen) atoms. The number of hydrogen-bond acceptors (Lipinski definition) is 7. The molecule has 0 saturated carbocycles. The number of alkyl halides is 1. The summed E-state index contributed by atoms with van der Waals surface area (Å²) in [7, 11) is 0. The second kappa shape index (κ2) is 10.6. The predicted molar refractivity (Wildman–Crippen MR) is 123 cm³/mol. The average Bonchev–Trinajstić information content (AvgIpc) is 3.30. The summed E-state index contributed by atoms with van der Waals surface area (Å²) >= 11 is 0. The number of allylic oxidation sites excluding steroid dienone is 1. The molecule has 188 valence electrons. The summed E-state index contributed by atoms with van der Waals surface area (Å²) in [6.07, 6.45) is 4.43. The Labute approximate surface area is 199 Å². The van der Waals surface area contributed by atoms with Crippen LogP contribution in [0.3, 0.4) is 0 Å². The molecule has 0 unspecified atom stereocenters. The molecule has 1 aromatic rings. The number of carbonyl (C=O) groups excluding carboxylic acids is 4. The Bertz CT molecular complexity index is 955. The van der Waals surface area contributed by atoms with Crippen molar-refractivity contribution in [2.75, 3.05) is 0 Å². The minimum absolute atomic E-state index is 0.0608. The number of carbonyl (C=O) groups is 4. The third-order valence-electron chi connectivity index (χ3n) is 6.43. The largest absolute Gasteiger partial charge is 0.455 e. The Hall–Kier alpha value is -2.84. The van der Waals surface area contributed by atoms with Crippen LogP contribution in [-0.2, 0) is 23.9 Å². The zero-order chi connectivity index (χ0) is 25.8. The first-order valence-corrected chi connectivity index (χ1v) is 11.6. The van der Waals surface area contributed by atoms with Crippen molar-refractivity contribution in [1.29, 1.82) is 0 Å². The van der Waals surface area contributed by atoms with Crippen LogP contribution >= 0.6 is 0 Å². The van der Waals surface area contributed by atoms with E-state index >= 15 is 4.39 Å². The molecular formula is C25H35FN2O6. The van der Waals surface area contributed by atoms with Crippen LogP contribution in [0.4, 0.5) is 9.18 Å². The number of ether oxygens (including phenoxy) is 2. The number of Topliss-reactive ketones (excluding diaryl/α,β-unsaturated/α-hetero) is 2. The number of ketones is 2. The lowest BCUT2D eigenvalue weighted by Gasteiger charge is -2.36. The van der Waals surface area contributed by atoms with Gasteiger partial charge in [0.2, 0.25) is 0 Å². The van der Waals surface area contributed by atoms with Gasteiger partial charge >= 0.3 is 12.1 Å². The normalized spacial score (nSPS) is 35.6. The number of imidazole rings is 1. The molecule has 1 aliphatic rings. The van der Waals surface area contributed by atoms with E-state index in [1.54, 1.807) is 27.7 Å². The van der Waals surface area contributed by atoms with E-state index in [1.165, 1.54) is 31.7 Å². The first-order chi connectivity index (χ1) is 15.7. The van der Waals surface area contributed by atoms with Crippen molar-refractivity contribution in [3.8, 4) is 0 Å². The van der Waals surface area contributed by atoms with Gasteiger partial charge in [-0.05, 0) is 57.6 Å². The number of rotatable bonds is 2. The van der Waals surface area contributed by atoms with Gasteiger partial charge in [0, 0.05) is 24.2 Å². The number of hydrogen-bond donors (Lipinski definition) is 0. The number of cyclic esters (lactones) is 1. The molecule has 2 heterocycles. The smallest absolute Gasteiger partial charge is 0.420 e. The van der Waals surface area contributed by atoms with E-state index in [0.29, 0.717) is 18.4 Å². The number of nitrogens with zero attached hydrogens (tertiary/aromatic N) is 2. The Morgan fingerprint density at radius 2 is 1.82 bits per heavy atom. The summed E-state index contributed by atoms with van der Waals surface area (Å²) in [6.45, 7) is 10.9. The third kappa shape index (κ3) is 5.98. The number of aromatic nitrogens is 2. The number of esters is 1. The van der Waals surface area contributed by atoms with Crippen LogP contribution in [0.15, 0.2) is 30.4 Å². The van der Waals surface area contributed by atoms with Crippen LogP contribution in [-0.4, -0.2) is 50.6 Å². The standard InChI is InChI=1S/C25H35FN2O6/c1-8-19-24(6,34-23(32)28-10-9-27-14-28)13-18(5)20(29)16(3)11-15(2)12-17(4)21(30)25(7,26)22(31)33-19/h9-10,13-17,19H,8,11-12H2,1-7H3/b18-13-/t15-,16+,17+,19+,24-,25-/m0/s1. The molecule has 0 aliphatic carbocycles. The van der Waals surface area contributed by atoms with E-state index < -0.39 is 41.1 Å². The van der Waals surface area contributed by atoms with Crippen molar-refractivity contribution in [1.82, 2.24) is 9.55 Å². The summed E-state index contributed by atoms with van der Waals surface area (Å²) in [5.41, 5.74) is -4.16. The molecule has 2 rings (SSSR count). The van der Waals surface area contributed by atoms with Gasteiger partial charge in [-0.15, -0.1) is 0 Å². The Morgan fingerprint density at radius 3 is 2.38 bits per heavy atom. The molecule has 1 aliphatic heterocycles. The van der Waals surface area contributed by atoms with Crippen LogP contribution in [0.1, 0.15) is 67.7 Å². The van der Waals surface area contributed by atoms with E-state index in [2.05, 4.69) is 4.98 Å². The lowest BCUT2D eigenvalue weighted by molar-refractivity contribution is -0.176. The van der Waals surface area contributed by atoms with Gasteiger partial charge in [0.05, 0.1) is 0 Å². The van der Waals surface area contributed by atoms with Gasteiger partial charge in [0.15, 0.2) is 17.2 Å². The minimum atomic E-state index is -2.87. The summed E-state index contributed by atoms with van der Waals surface area (Å²) in [5, 5.41) is 0. The molecule has 0 amide bonds. The van der Waals surface area contributed by atoms with Gasteiger partial charge < -0.3 is 9.47 Å². The van der Waals surface area contributed by atoms with Crippen LogP contribution in [0.25, 0.3) is 0 Å². The van der Waals surface area contributed by atoms with E-state index in [4.69, 9.17) is 9.47 Å². The zero-order valence-electron chi connectivity index (χ0n) is 21.0. The molecule has 6 atom stereocenters. The zero-order valence-corrected chi connectivity index (χ0v) is 21.0. The third-order valence-corrected chi connectivity index (χ3v) is 6.43. The maximum atomic E-state index is 15.5. The molecule has 9 heteroatoms. The van der Waals surface area contributed by atoms with Crippen molar-refractivity contribution in [2.24, 2.45) is 17.8 Å². The van der Waals surface area contributed by atoms with Gasteiger partial charge in [0.1, 0.15) is 12.4 Å². The quantitative estimate of drug-likeness (QED) is 0.456. The molecular weight excluding hydrogens is 443 g/mol. The SMILES string of the molecule is CC[C@H]1OC(=O)[C@@](C)(F)C(=O)[C@H](C)C[C@@H](C)C[C@@H](C)C(=O)/C(C)=C\[C@]1(C)OC(=O)n1ccnc1. The van der Waals surface area contributed by atoms with Gasteiger partial charge in [0.25, 0.3) is 5.67 Å². The van der Waals surface area contributed by atoms with Gasteiger partial charge in [-0.2, -0.15) is 0 Å². The highest BCUT2D eigenvalue weighted by molar-refractivity contribution is 6.07. The highest BCUT2D eigenvalue weighted by Gasteiger charge is 2.49. The Balaban J connectivity index is 2.58. The van der Waals surface area contributed by atoms with Crippen molar-refractivity contribution < 1.29 is 33.0 Å². The average molecular weight is 479 g/mol. The fourth-order valence-corrected chi connectivity index (χ4v) is 4.61. The van der Waals surface area contributed by atoms with Crippen LogP contribution in [0, 0.1) is 17.8 Å². The summed E-state index contributed by atoms with van der Waals surface area (Å²) in [5.74, 6) is -3.55. The van der Waals surface area contributed by atoms with Crippen LogP contribution < -0.4 is 0 Å². The first kappa shape index (κ1) is 27.4.